The number of hydrogen-bond acceptors (Lipinski definition) is 5. The molecule has 1 aliphatic heterocycles. The molecule has 1 unspecified atom stereocenters. The van der Waals surface area contributed by atoms with Crippen molar-refractivity contribution in [1.29, 1.82) is 5.26 Å². The number of rotatable bonds is 6. The van der Waals surface area contributed by atoms with Crippen LogP contribution in [0.2, 0.25) is 0 Å². The number of imidazole rings is 1. The van der Waals surface area contributed by atoms with E-state index in [0.717, 1.165) is 28.1 Å². The lowest BCUT2D eigenvalue weighted by atomic mass is 9.95. The first kappa shape index (κ1) is 20.5. The van der Waals surface area contributed by atoms with E-state index >= 15 is 0 Å². The number of methoxy groups -OCH3 is 1. The second-order valence-corrected chi connectivity index (χ2v) is 7.95. The number of carbonyl (C=O) groups excluding carboxylic acids is 1. The molecule has 0 aliphatic carbocycles. The molecular formula is C27H22N4O2. The van der Waals surface area contributed by atoms with E-state index in [-0.39, 0.29) is 5.91 Å². The van der Waals surface area contributed by atoms with E-state index in [2.05, 4.69) is 28.1 Å². The van der Waals surface area contributed by atoms with Gasteiger partial charge in [-0.05, 0) is 47.5 Å². The quantitative estimate of drug-likeness (QED) is 0.430. The van der Waals surface area contributed by atoms with Crippen LogP contribution in [0.3, 0.4) is 0 Å². The zero-order valence-corrected chi connectivity index (χ0v) is 18.2. The van der Waals surface area contributed by atoms with Gasteiger partial charge in [-0.3, -0.25) is 9.36 Å². The van der Waals surface area contributed by atoms with E-state index in [1.54, 1.807) is 17.8 Å². The number of nitrogens with zero attached hydrogens (tertiary/aromatic N) is 4. The van der Waals surface area contributed by atoms with Crippen molar-refractivity contribution in [3.8, 4) is 11.8 Å². The first-order valence-corrected chi connectivity index (χ1v) is 10.7. The third kappa shape index (κ3) is 3.85. The topological polar surface area (TPSA) is 71.2 Å². The Balaban J connectivity index is 1.52. The lowest BCUT2D eigenvalue weighted by Crippen LogP contribution is -2.31. The maximum absolute atomic E-state index is 13.1. The maximum atomic E-state index is 13.1. The van der Waals surface area contributed by atoms with Crippen LogP contribution in [-0.2, 0) is 6.54 Å². The molecule has 0 radical (unpaired) electrons. The monoisotopic (exact) mass is 434 g/mol. The number of carbonyl (C=O) groups is 1. The van der Waals surface area contributed by atoms with Gasteiger partial charge in [-0.25, -0.2) is 4.98 Å². The second kappa shape index (κ2) is 8.64. The molecule has 0 amide bonds. The average molecular weight is 434 g/mol. The van der Waals surface area contributed by atoms with Gasteiger partial charge in [-0.1, -0.05) is 42.5 Å². The van der Waals surface area contributed by atoms with Crippen molar-refractivity contribution in [3.63, 3.8) is 0 Å². The van der Waals surface area contributed by atoms with E-state index in [0.29, 0.717) is 24.4 Å². The zero-order valence-electron chi connectivity index (χ0n) is 18.2. The molecule has 0 saturated heterocycles. The molecule has 6 nitrogen and oxygen atoms in total. The summed E-state index contributed by atoms with van der Waals surface area (Å²) >= 11 is 0. The minimum absolute atomic E-state index is 0.172. The van der Waals surface area contributed by atoms with Gasteiger partial charge < -0.3 is 9.64 Å². The van der Waals surface area contributed by atoms with Crippen molar-refractivity contribution in [3.05, 3.63) is 102 Å². The largest absolute Gasteiger partial charge is 0.497 e. The van der Waals surface area contributed by atoms with Crippen LogP contribution >= 0.6 is 0 Å². The number of para-hydroxylation sites is 2. The predicted molar refractivity (Wildman–Crippen MR) is 127 cm³/mol. The smallest absolute Gasteiger partial charge is 0.256 e. The Labute approximate surface area is 192 Å². The van der Waals surface area contributed by atoms with Crippen LogP contribution in [0.1, 0.15) is 22.1 Å². The molecule has 1 aliphatic rings. The third-order valence-corrected chi connectivity index (χ3v) is 5.90. The molecule has 162 valence electrons. The highest BCUT2D eigenvalue weighted by atomic mass is 16.5. The summed E-state index contributed by atoms with van der Waals surface area (Å²) in [6.07, 6.45) is 1.59. The van der Waals surface area contributed by atoms with E-state index in [9.17, 15) is 10.1 Å². The Kier molecular flexibility index (Phi) is 5.37. The van der Waals surface area contributed by atoms with Gasteiger partial charge >= 0.3 is 0 Å². The van der Waals surface area contributed by atoms with Gasteiger partial charge in [-0.2, -0.15) is 5.26 Å². The Hall–Kier alpha value is -4.37. The molecule has 2 heterocycles. The lowest BCUT2D eigenvalue weighted by Gasteiger charge is -2.29. The van der Waals surface area contributed by atoms with Crippen molar-refractivity contribution in [2.75, 3.05) is 18.6 Å². The van der Waals surface area contributed by atoms with Gasteiger partial charge in [0.1, 0.15) is 17.5 Å². The molecule has 6 heteroatoms. The standard InChI is InChI=1S/C27H22N4O2/c1-33-22-13-11-21(12-14-22)30(17-19-7-3-2-4-8-19)18-20-15-26(32)31-25-10-6-5-9-24(25)29-27(31)23(20)16-28/h2-15,23H,17-18H2,1H3. The highest BCUT2D eigenvalue weighted by Gasteiger charge is 2.32. The number of aromatic nitrogens is 2. The highest BCUT2D eigenvalue weighted by molar-refractivity contribution is 5.99. The maximum Gasteiger partial charge on any atom is 0.256 e. The van der Waals surface area contributed by atoms with Crippen molar-refractivity contribution >= 4 is 22.6 Å². The Bertz CT molecular complexity index is 1380. The van der Waals surface area contributed by atoms with Gasteiger partial charge in [-0.15, -0.1) is 0 Å². The number of nitriles is 1. The van der Waals surface area contributed by atoms with Crippen LogP contribution in [0.25, 0.3) is 11.0 Å². The first-order chi connectivity index (χ1) is 16.2. The first-order valence-electron chi connectivity index (χ1n) is 10.7. The summed E-state index contributed by atoms with van der Waals surface area (Å²) in [7, 11) is 1.64. The number of hydrogen-bond donors (Lipinski definition) is 0. The third-order valence-electron chi connectivity index (χ3n) is 5.90. The van der Waals surface area contributed by atoms with Crippen molar-refractivity contribution in [2.24, 2.45) is 0 Å². The Morgan fingerprint density at radius 1 is 1.00 bits per heavy atom. The van der Waals surface area contributed by atoms with Gasteiger partial charge in [0.2, 0.25) is 0 Å². The summed E-state index contributed by atoms with van der Waals surface area (Å²) < 4.78 is 6.86. The summed E-state index contributed by atoms with van der Waals surface area (Å²) in [5.74, 6) is 0.478. The van der Waals surface area contributed by atoms with Crippen LogP contribution in [0.4, 0.5) is 5.69 Å². The summed E-state index contributed by atoms with van der Waals surface area (Å²) in [6.45, 7) is 1.06. The zero-order chi connectivity index (χ0) is 22.8. The minimum atomic E-state index is -0.605. The Morgan fingerprint density at radius 3 is 2.45 bits per heavy atom. The number of anilines is 1. The highest BCUT2D eigenvalue weighted by Crippen LogP contribution is 2.33. The fourth-order valence-corrected chi connectivity index (χ4v) is 4.28. The summed E-state index contributed by atoms with van der Waals surface area (Å²) in [6, 6.07) is 27.8. The van der Waals surface area contributed by atoms with Crippen LogP contribution in [-0.4, -0.2) is 29.1 Å². The van der Waals surface area contributed by atoms with Crippen molar-refractivity contribution in [1.82, 2.24) is 9.55 Å². The summed E-state index contributed by atoms with van der Waals surface area (Å²) in [5.41, 5.74) is 4.29. The van der Waals surface area contributed by atoms with Crippen LogP contribution < -0.4 is 9.64 Å². The Morgan fingerprint density at radius 2 is 1.73 bits per heavy atom. The second-order valence-electron chi connectivity index (χ2n) is 7.95. The van der Waals surface area contributed by atoms with Crippen LogP contribution in [0, 0.1) is 11.3 Å². The molecule has 1 aromatic heterocycles. The lowest BCUT2D eigenvalue weighted by molar-refractivity contribution is 0.0964. The van der Waals surface area contributed by atoms with Gasteiger partial charge in [0.25, 0.3) is 5.91 Å². The van der Waals surface area contributed by atoms with Crippen molar-refractivity contribution < 1.29 is 9.53 Å². The normalized spacial score (nSPS) is 15.0. The van der Waals surface area contributed by atoms with Gasteiger partial charge in [0.05, 0.1) is 24.2 Å². The number of ether oxygens (including phenoxy) is 1. The summed E-state index contributed by atoms with van der Waals surface area (Å²) in [5, 5.41) is 10.1. The molecule has 0 saturated carbocycles. The SMILES string of the molecule is COc1ccc(N(CC2=CC(=O)n3c(nc4ccccc43)C2C#N)Cc2ccccc2)cc1. The van der Waals surface area contributed by atoms with Crippen LogP contribution in [0.15, 0.2) is 90.5 Å². The number of allylic oxidation sites excluding steroid dienone is 1. The predicted octanol–water partition coefficient (Wildman–Crippen LogP) is 4.94. The summed E-state index contributed by atoms with van der Waals surface area (Å²) in [4.78, 5) is 19.9. The van der Waals surface area contributed by atoms with Gasteiger partial charge in [0, 0.05) is 24.9 Å². The van der Waals surface area contributed by atoms with Crippen molar-refractivity contribution in [2.45, 2.75) is 12.5 Å². The molecule has 3 aromatic carbocycles. The van der Waals surface area contributed by atoms with E-state index in [1.807, 2.05) is 66.7 Å². The average Bonchev–Trinajstić information content (AvgIpc) is 3.24. The molecule has 5 rings (SSSR count). The van der Waals surface area contributed by atoms with E-state index in [4.69, 9.17) is 4.74 Å². The minimum Gasteiger partial charge on any atom is -0.497 e. The number of benzene rings is 3. The molecule has 1 atom stereocenters. The molecular weight excluding hydrogens is 412 g/mol. The fourth-order valence-electron chi connectivity index (χ4n) is 4.28. The molecule has 0 N–H and O–H groups in total. The number of fused-ring (bicyclic) bond motifs is 3. The van der Waals surface area contributed by atoms with Crippen LogP contribution in [0.5, 0.6) is 5.75 Å². The molecule has 33 heavy (non-hydrogen) atoms. The van der Waals surface area contributed by atoms with E-state index < -0.39 is 5.92 Å². The molecule has 0 fully saturated rings. The molecule has 4 aromatic rings. The molecule has 0 spiro atoms. The van der Waals surface area contributed by atoms with Gasteiger partial charge in [0.15, 0.2) is 0 Å². The van der Waals surface area contributed by atoms with E-state index in [1.165, 1.54) is 0 Å². The fraction of sp³-hybridized carbons (Fsp3) is 0.148. The molecule has 0 bridgehead atoms.